The molecule has 0 aliphatic carbocycles. The zero-order valence-corrected chi connectivity index (χ0v) is 13.3. The molecule has 0 saturated heterocycles. The third-order valence-electron chi connectivity index (χ3n) is 4.04. The first-order chi connectivity index (χ1) is 12.2. The molecular formula is C16H17N5O4. The minimum Gasteiger partial charge on any atom is -0.349 e. The fourth-order valence-electron chi connectivity index (χ4n) is 2.84. The molecule has 1 aromatic heterocycles. The number of carbonyl (C=O) groups is 2. The van der Waals surface area contributed by atoms with E-state index >= 15 is 0 Å². The standard InChI is InChI=1S/C16H17N5O4/c22-9-18-12-3-1-2-4-15(23)19-13-7-10(25-21-24)5-6-11(13)14-8-17-16(12)20-14/h5-9,12H,1-4H2,(H,17,20)(H,18,22)(H,19,23)/t12-/m0/s1. The molecule has 0 radical (unpaired) electrons. The number of aromatic nitrogens is 2. The van der Waals surface area contributed by atoms with Crippen molar-refractivity contribution in [2.24, 2.45) is 5.34 Å². The van der Waals surface area contributed by atoms with Crippen molar-refractivity contribution in [1.29, 1.82) is 0 Å². The van der Waals surface area contributed by atoms with Gasteiger partial charge in [-0.15, -0.1) is 4.91 Å². The molecule has 3 N–H and O–H groups in total. The van der Waals surface area contributed by atoms with Crippen LogP contribution in [-0.4, -0.2) is 22.3 Å². The van der Waals surface area contributed by atoms with Crippen molar-refractivity contribution in [2.45, 2.75) is 31.7 Å². The van der Waals surface area contributed by atoms with Gasteiger partial charge < -0.3 is 20.5 Å². The summed E-state index contributed by atoms with van der Waals surface area (Å²) in [6.45, 7) is 0. The van der Waals surface area contributed by atoms with Crippen LogP contribution in [0.1, 0.15) is 37.5 Å². The number of benzene rings is 1. The topological polar surface area (TPSA) is 126 Å². The molecule has 2 aromatic rings. The third kappa shape index (κ3) is 3.82. The molecule has 2 amide bonds. The number of fused-ring (bicyclic) bond motifs is 4. The van der Waals surface area contributed by atoms with E-state index in [4.69, 9.17) is 0 Å². The molecule has 130 valence electrons. The van der Waals surface area contributed by atoms with Gasteiger partial charge in [0.2, 0.25) is 12.3 Å². The monoisotopic (exact) mass is 343 g/mol. The van der Waals surface area contributed by atoms with E-state index in [0.29, 0.717) is 48.4 Å². The number of nitrogens with one attached hydrogen (secondary N) is 3. The average molecular weight is 343 g/mol. The minimum absolute atomic E-state index is 0.141. The van der Waals surface area contributed by atoms with Crippen molar-refractivity contribution in [3.63, 3.8) is 0 Å². The lowest BCUT2D eigenvalue weighted by Crippen LogP contribution is -2.21. The van der Waals surface area contributed by atoms with Crippen LogP contribution in [0.5, 0.6) is 5.75 Å². The molecular weight excluding hydrogens is 326 g/mol. The van der Waals surface area contributed by atoms with Gasteiger partial charge in [0.05, 0.1) is 23.6 Å². The number of hydrogen-bond acceptors (Lipinski definition) is 6. The summed E-state index contributed by atoms with van der Waals surface area (Å²) in [5, 5.41) is 7.98. The summed E-state index contributed by atoms with van der Waals surface area (Å²) in [6, 6.07) is 4.56. The van der Waals surface area contributed by atoms with Crippen molar-refractivity contribution in [2.75, 3.05) is 5.32 Å². The smallest absolute Gasteiger partial charge is 0.224 e. The molecule has 0 spiro atoms. The van der Waals surface area contributed by atoms with Gasteiger partial charge in [-0.05, 0) is 25.0 Å². The van der Waals surface area contributed by atoms with Crippen LogP contribution >= 0.6 is 0 Å². The molecule has 0 unspecified atom stereocenters. The third-order valence-corrected chi connectivity index (χ3v) is 4.04. The fraction of sp³-hybridized carbons (Fsp3) is 0.312. The van der Waals surface area contributed by atoms with Crippen molar-refractivity contribution in [3.8, 4) is 17.0 Å². The molecule has 2 heterocycles. The molecule has 1 atom stereocenters. The Morgan fingerprint density at radius 3 is 3.04 bits per heavy atom. The summed E-state index contributed by atoms with van der Waals surface area (Å²) in [5.74, 6) is 0.730. The van der Waals surface area contributed by atoms with Gasteiger partial charge in [0.25, 0.3) is 0 Å². The molecule has 25 heavy (non-hydrogen) atoms. The van der Waals surface area contributed by atoms with Crippen LogP contribution in [-0.2, 0) is 9.59 Å². The quantitative estimate of drug-likeness (QED) is 0.446. The Morgan fingerprint density at radius 2 is 2.24 bits per heavy atom. The van der Waals surface area contributed by atoms with Gasteiger partial charge in [0.1, 0.15) is 5.82 Å². The maximum absolute atomic E-state index is 12.2. The average Bonchev–Trinajstić information content (AvgIpc) is 3.07. The Hall–Kier alpha value is -3.23. The first-order valence-corrected chi connectivity index (χ1v) is 7.90. The maximum Gasteiger partial charge on any atom is 0.224 e. The van der Waals surface area contributed by atoms with Crippen LogP contribution in [0.3, 0.4) is 0 Å². The van der Waals surface area contributed by atoms with Crippen LogP contribution in [0.25, 0.3) is 11.3 Å². The number of anilines is 1. The Balaban J connectivity index is 2.03. The SMILES string of the molecule is O=CN[C@H]1CCCCC(=O)Nc2cc(ON=O)ccc2-c2cnc1[nH]2. The Bertz CT molecular complexity index is 789. The summed E-state index contributed by atoms with van der Waals surface area (Å²) in [6.07, 6.45) is 4.76. The second-order valence-corrected chi connectivity index (χ2v) is 5.69. The van der Waals surface area contributed by atoms with Gasteiger partial charge >= 0.3 is 0 Å². The Morgan fingerprint density at radius 1 is 1.36 bits per heavy atom. The number of aromatic amines is 1. The molecule has 1 aliphatic heterocycles. The number of imidazole rings is 1. The lowest BCUT2D eigenvalue weighted by molar-refractivity contribution is -0.116. The molecule has 2 bridgehead atoms. The fourth-order valence-corrected chi connectivity index (χ4v) is 2.84. The van der Waals surface area contributed by atoms with E-state index in [2.05, 4.69) is 30.8 Å². The van der Waals surface area contributed by atoms with E-state index in [0.717, 1.165) is 6.42 Å². The summed E-state index contributed by atoms with van der Waals surface area (Å²) in [5.41, 5.74) is 1.85. The van der Waals surface area contributed by atoms with E-state index in [9.17, 15) is 14.5 Å². The van der Waals surface area contributed by atoms with Crippen LogP contribution < -0.4 is 15.5 Å². The van der Waals surface area contributed by atoms with E-state index in [1.165, 1.54) is 6.07 Å². The van der Waals surface area contributed by atoms with Crippen molar-refractivity contribution in [3.05, 3.63) is 35.1 Å². The summed E-state index contributed by atoms with van der Waals surface area (Å²) in [7, 11) is 0. The molecule has 1 aromatic carbocycles. The highest BCUT2D eigenvalue weighted by molar-refractivity contribution is 5.95. The largest absolute Gasteiger partial charge is 0.349 e. The van der Waals surface area contributed by atoms with Crippen LogP contribution in [0.4, 0.5) is 5.69 Å². The predicted molar refractivity (Wildman–Crippen MR) is 89.5 cm³/mol. The van der Waals surface area contributed by atoms with Crippen LogP contribution in [0, 0.1) is 4.91 Å². The number of hydrogen-bond donors (Lipinski definition) is 3. The van der Waals surface area contributed by atoms with Gasteiger partial charge in [-0.1, -0.05) is 6.42 Å². The number of amides is 2. The van der Waals surface area contributed by atoms with Crippen molar-refractivity contribution in [1.82, 2.24) is 15.3 Å². The Kier molecular flexibility index (Phi) is 5.03. The number of nitrogens with zero attached hydrogens (tertiary/aromatic N) is 2. The van der Waals surface area contributed by atoms with Gasteiger partial charge in [-0.2, -0.15) is 0 Å². The van der Waals surface area contributed by atoms with Crippen LogP contribution in [0.15, 0.2) is 29.7 Å². The molecule has 0 saturated carbocycles. The zero-order chi connectivity index (χ0) is 17.6. The van der Waals surface area contributed by atoms with E-state index in [1.54, 1.807) is 18.3 Å². The molecule has 0 fully saturated rings. The second-order valence-electron chi connectivity index (χ2n) is 5.69. The lowest BCUT2D eigenvalue weighted by Gasteiger charge is -2.15. The van der Waals surface area contributed by atoms with Crippen molar-refractivity contribution < 1.29 is 14.4 Å². The number of H-pyrrole nitrogens is 1. The first-order valence-electron chi connectivity index (χ1n) is 7.90. The van der Waals surface area contributed by atoms with Crippen LogP contribution in [0.2, 0.25) is 0 Å². The second kappa shape index (κ2) is 7.56. The highest BCUT2D eigenvalue weighted by Gasteiger charge is 2.18. The zero-order valence-electron chi connectivity index (χ0n) is 13.3. The predicted octanol–water partition coefficient (Wildman–Crippen LogP) is 2.44. The lowest BCUT2D eigenvalue weighted by atomic mass is 10.1. The maximum atomic E-state index is 12.2. The molecule has 1 aliphatic rings. The van der Waals surface area contributed by atoms with Gasteiger partial charge in [-0.3, -0.25) is 9.59 Å². The van der Waals surface area contributed by atoms with Crippen molar-refractivity contribution >= 4 is 18.0 Å². The van der Waals surface area contributed by atoms with E-state index < -0.39 is 0 Å². The van der Waals surface area contributed by atoms with E-state index in [1.807, 2.05) is 0 Å². The molecule has 9 heteroatoms. The van der Waals surface area contributed by atoms with Gasteiger partial charge in [0, 0.05) is 18.1 Å². The molecule has 9 nitrogen and oxygen atoms in total. The highest BCUT2D eigenvalue weighted by atomic mass is 16.7. The van der Waals surface area contributed by atoms with E-state index in [-0.39, 0.29) is 17.7 Å². The normalized spacial score (nSPS) is 17.3. The minimum atomic E-state index is -0.237. The number of rotatable bonds is 4. The number of carbonyl (C=O) groups excluding carboxylic acids is 2. The summed E-state index contributed by atoms with van der Waals surface area (Å²) >= 11 is 0. The first kappa shape index (κ1) is 16.6. The summed E-state index contributed by atoms with van der Waals surface area (Å²) in [4.78, 5) is 45.5. The Labute approximate surface area is 143 Å². The molecule has 3 rings (SSSR count). The highest BCUT2D eigenvalue weighted by Crippen LogP contribution is 2.32. The summed E-state index contributed by atoms with van der Waals surface area (Å²) < 4.78 is 0. The van der Waals surface area contributed by atoms with Gasteiger partial charge in [-0.25, -0.2) is 4.98 Å². The van der Waals surface area contributed by atoms with Gasteiger partial charge in [0.15, 0.2) is 11.1 Å².